The maximum atomic E-state index is 9.67. The van der Waals surface area contributed by atoms with Crippen molar-refractivity contribution in [2.75, 3.05) is 6.54 Å². The Labute approximate surface area is 111 Å². The number of phenolic OH excluding ortho intramolecular Hbond substituents is 1. The highest BCUT2D eigenvalue weighted by Gasteiger charge is 2.29. The molecule has 2 nitrogen and oxygen atoms in total. The molecule has 3 N–H and O–H groups in total. The number of rotatable bonds is 2. The first-order valence-corrected chi connectivity index (χ1v) is 6.42. The van der Waals surface area contributed by atoms with Crippen LogP contribution >= 0.6 is 11.6 Å². The van der Waals surface area contributed by atoms with E-state index in [1.807, 2.05) is 24.3 Å². The van der Waals surface area contributed by atoms with Crippen LogP contribution in [0.15, 0.2) is 36.4 Å². The second kappa shape index (κ2) is 4.30. The Morgan fingerprint density at radius 3 is 2.78 bits per heavy atom. The summed E-state index contributed by atoms with van der Waals surface area (Å²) in [6.45, 7) is 0.617. The Balaban J connectivity index is 2.27. The summed E-state index contributed by atoms with van der Waals surface area (Å²) in [6, 6.07) is 11.4. The van der Waals surface area contributed by atoms with Crippen molar-refractivity contribution in [1.29, 1.82) is 0 Å². The van der Waals surface area contributed by atoms with Gasteiger partial charge in [-0.2, -0.15) is 0 Å². The molecule has 0 saturated heterocycles. The zero-order valence-corrected chi connectivity index (χ0v) is 10.6. The monoisotopic (exact) mass is 259 g/mol. The zero-order valence-electron chi connectivity index (χ0n) is 9.86. The highest BCUT2D eigenvalue weighted by molar-refractivity contribution is 6.33. The third-order valence-electron chi connectivity index (χ3n) is 3.56. The Hall–Kier alpha value is -1.51. The molecule has 3 heteroatoms. The fraction of sp³-hybridized carbons (Fsp3) is 0.200. The van der Waals surface area contributed by atoms with Crippen molar-refractivity contribution in [2.24, 2.45) is 5.73 Å². The Morgan fingerprint density at radius 1 is 1.17 bits per heavy atom. The van der Waals surface area contributed by atoms with Crippen molar-refractivity contribution in [1.82, 2.24) is 0 Å². The van der Waals surface area contributed by atoms with Gasteiger partial charge in [-0.1, -0.05) is 29.8 Å². The highest BCUT2D eigenvalue weighted by Crippen LogP contribution is 2.49. The van der Waals surface area contributed by atoms with E-state index in [0.29, 0.717) is 12.3 Å². The minimum Gasteiger partial charge on any atom is -0.508 e. The number of phenols is 1. The van der Waals surface area contributed by atoms with Crippen LogP contribution in [0.3, 0.4) is 0 Å². The molecule has 1 aliphatic carbocycles. The van der Waals surface area contributed by atoms with E-state index < -0.39 is 0 Å². The Morgan fingerprint density at radius 2 is 2.00 bits per heavy atom. The first-order chi connectivity index (χ1) is 8.72. The molecule has 1 aliphatic rings. The molecular formula is C15H14ClNO. The first kappa shape index (κ1) is 11.6. The van der Waals surface area contributed by atoms with Crippen LogP contribution in [0.25, 0.3) is 11.1 Å². The molecule has 0 aliphatic heterocycles. The van der Waals surface area contributed by atoms with E-state index in [4.69, 9.17) is 17.3 Å². The van der Waals surface area contributed by atoms with Gasteiger partial charge in [0.2, 0.25) is 0 Å². The molecule has 3 rings (SSSR count). The van der Waals surface area contributed by atoms with Gasteiger partial charge in [0, 0.05) is 16.5 Å². The Kier molecular flexibility index (Phi) is 2.77. The summed E-state index contributed by atoms with van der Waals surface area (Å²) in [6.07, 6.45) is 0.865. The highest BCUT2D eigenvalue weighted by atomic mass is 35.5. The van der Waals surface area contributed by atoms with Gasteiger partial charge in [0.1, 0.15) is 5.75 Å². The van der Waals surface area contributed by atoms with E-state index in [-0.39, 0.29) is 5.92 Å². The summed E-state index contributed by atoms with van der Waals surface area (Å²) in [4.78, 5) is 0. The number of fused-ring (bicyclic) bond motifs is 3. The van der Waals surface area contributed by atoms with Crippen molar-refractivity contribution in [3.8, 4) is 16.9 Å². The van der Waals surface area contributed by atoms with Gasteiger partial charge in [-0.05, 0) is 47.9 Å². The van der Waals surface area contributed by atoms with Gasteiger partial charge in [0.15, 0.2) is 0 Å². The van der Waals surface area contributed by atoms with Gasteiger partial charge in [-0.25, -0.2) is 0 Å². The summed E-state index contributed by atoms with van der Waals surface area (Å²) in [5, 5.41) is 10.4. The van der Waals surface area contributed by atoms with Crippen LogP contribution in [-0.2, 0) is 0 Å². The quantitative estimate of drug-likeness (QED) is 0.867. The lowest BCUT2D eigenvalue weighted by atomic mass is 9.93. The van der Waals surface area contributed by atoms with E-state index in [1.54, 1.807) is 6.07 Å². The molecule has 0 radical (unpaired) electrons. The molecule has 18 heavy (non-hydrogen) atoms. The summed E-state index contributed by atoms with van der Waals surface area (Å²) < 4.78 is 0. The van der Waals surface area contributed by atoms with E-state index in [9.17, 15) is 5.11 Å². The van der Waals surface area contributed by atoms with Gasteiger partial charge in [0.05, 0.1) is 0 Å². The van der Waals surface area contributed by atoms with Gasteiger partial charge in [-0.3, -0.25) is 0 Å². The third-order valence-corrected chi connectivity index (χ3v) is 3.87. The molecule has 0 aromatic heterocycles. The zero-order chi connectivity index (χ0) is 12.7. The second-order valence-corrected chi connectivity index (χ2v) is 5.01. The number of halogens is 1. The minimum atomic E-state index is 0.241. The lowest BCUT2D eigenvalue weighted by Gasteiger charge is -2.12. The minimum absolute atomic E-state index is 0.241. The summed E-state index contributed by atoms with van der Waals surface area (Å²) in [7, 11) is 0. The largest absolute Gasteiger partial charge is 0.508 e. The molecule has 0 amide bonds. The molecule has 1 atom stereocenters. The molecule has 2 aromatic carbocycles. The molecule has 0 heterocycles. The smallest absolute Gasteiger partial charge is 0.115 e. The number of aromatic hydroxyl groups is 1. The standard InChI is InChI=1S/C15H14ClNO/c16-14-3-1-2-11-10(6-7-17)13-8-9(18)4-5-12(13)15(11)14/h1-5,8,10,18H,6-7,17H2. The van der Waals surface area contributed by atoms with E-state index >= 15 is 0 Å². The fourth-order valence-corrected chi connectivity index (χ4v) is 3.11. The van der Waals surface area contributed by atoms with Crippen molar-refractivity contribution < 1.29 is 5.11 Å². The van der Waals surface area contributed by atoms with Crippen molar-refractivity contribution in [2.45, 2.75) is 12.3 Å². The van der Waals surface area contributed by atoms with Crippen molar-refractivity contribution in [3.63, 3.8) is 0 Å². The van der Waals surface area contributed by atoms with Crippen molar-refractivity contribution in [3.05, 3.63) is 52.5 Å². The van der Waals surface area contributed by atoms with Crippen molar-refractivity contribution >= 4 is 11.6 Å². The molecular weight excluding hydrogens is 246 g/mol. The van der Waals surface area contributed by atoms with Crippen LogP contribution in [0.5, 0.6) is 5.75 Å². The molecule has 0 fully saturated rings. The lowest BCUT2D eigenvalue weighted by molar-refractivity contribution is 0.474. The third kappa shape index (κ3) is 1.61. The average Bonchev–Trinajstić information content (AvgIpc) is 2.66. The normalized spacial score (nSPS) is 16.4. The summed E-state index contributed by atoms with van der Waals surface area (Å²) >= 11 is 6.31. The van der Waals surface area contributed by atoms with Crippen LogP contribution < -0.4 is 5.73 Å². The van der Waals surface area contributed by atoms with E-state index in [2.05, 4.69) is 6.07 Å². The number of nitrogens with two attached hydrogens (primary N) is 1. The SMILES string of the molecule is NCCC1c2cc(O)ccc2-c2c(Cl)cccc21. The van der Waals surface area contributed by atoms with Crippen LogP contribution in [-0.4, -0.2) is 11.7 Å². The van der Waals surface area contributed by atoms with Crippen LogP contribution in [0.1, 0.15) is 23.5 Å². The summed E-state index contributed by atoms with van der Waals surface area (Å²) in [5.74, 6) is 0.533. The maximum Gasteiger partial charge on any atom is 0.115 e. The van der Waals surface area contributed by atoms with E-state index in [0.717, 1.165) is 28.1 Å². The fourth-order valence-electron chi connectivity index (χ4n) is 2.83. The van der Waals surface area contributed by atoms with Gasteiger partial charge >= 0.3 is 0 Å². The van der Waals surface area contributed by atoms with Gasteiger partial charge in [-0.15, -0.1) is 0 Å². The topological polar surface area (TPSA) is 46.2 Å². The number of hydrogen-bond acceptors (Lipinski definition) is 2. The molecule has 0 spiro atoms. The van der Waals surface area contributed by atoms with Gasteiger partial charge in [0.25, 0.3) is 0 Å². The average molecular weight is 260 g/mol. The molecule has 1 unspecified atom stereocenters. The Bertz CT molecular complexity index is 609. The molecule has 0 bridgehead atoms. The summed E-state index contributed by atoms with van der Waals surface area (Å²) in [5.41, 5.74) is 10.3. The number of hydrogen-bond donors (Lipinski definition) is 2. The van der Waals surface area contributed by atoms with Gasteiger partial charge < -0.3 is 10.8 Å². The predicted octanol–water partition coefficient (Wildman–Crippen LogP) is 3.51. The predicted molar refractivity (Wildman–Crippen MR) is 74.1 cm³/mol. The second-order valence-electron chi connectivity index (χ2n) is 4.61. The molecule has 2 aromatic rings. The van der Waals surface area contributed by atoms with Crippen LogP contribution in [0, 0.1) is 0 Å². The van der Waals surface area contributed by atoms with E-state index in [1.165, 1.54) is 5.56 Å². The van der Waals surface area contributed by atoms with Crippen LogP contribution in [0.2, 0.25) is 5.02 Å². The first-order valence-electron chi connectivity index (χ1n) is 6.04. The maximum absolute atomic E-state index is 9.67. The lowest BCUT2D eigenvalue weighted by Crippen LogP contribution is -2.06. The molecule has 0 saturated carbocycles. The number of benzene rings is 2. The molecule has 92 valence electrons. The van der Waals surface area contributed by atoms with Crippen LogP contribution in [0.4, 0.5) is 0 Å².